The van der Waals surface area contributed by atoms with Gasteiger partial charge < -0.3 is 14.2 Å². The summed E-state index contributed by atoms with van der Waals surface area (Å²) in [5, 5.41) is 0. The fourth-order valence-electron chi connectivity index (χ4n) is 5.19. The van der Waals surface area contributed by atoms with Gasteiger partial charge in [-0.25, -0.2) is 4.79 Å². The Morgan fingerprint density at radius 3 is 2.09 bits per heavy atom. The van der Waals surface area contributed by atoms with Crippen LogP contribution >= 0.6 is 0 Å². The first-order chi connectivity index (χ1) is 16.1. The standard InChI is InChI=1S/C28H40O5/c1-3-5-6-20-31-24-16-18-26(19-17-24)33-28(30)23-10-8-21(9-11-23)22-12-14-25(15-13-22)32-27(29)7-4-2/h4,7,16-19,21-23,25H,3,5-6,8-15,20H2,1-2H3/b7-4+/t21-,22-,23-,25-. The highest BCUT2D eigenvalue weighted by Crippen LogP contribution is 2.41. The maximum absolute atomic E-state index is 12.7. The lowest BCUT2D eigenvalue weighted by Crippen LogP contribution is -2.31. The highest BCUT2D eigenvalue weighted by atomic mass is 16.5. The van der Waals surface area contributed by atoms with Crippen LogP contribution in [0.25, 0.3) is 0 Å². The summed E-state index contributed by atoms with van der Waals surface area (Å²) >= 11 is 0. The average Bonchev–Trinajstić information content (AvgIpc) is 2.83. The maximum atomic E-state index is 12.7. The Kier molecular flexibility index (Phi) is 10.3. The molecule has 0 N–H and O–H groups in total. The summed E-state index contributed by atoms with van der Waals surface area (Å²) in [5.74, 6) is 2.42. The molecule has 0 bridgehead atoms. The highest BCUT2D eigenvalue weighted by molar-refractivity contribution is 5.81. The van der Waals surface area contributed by atoms with E-state index in [0.29, 0.717) is 17.6 Å². The highest BCUT2D eigenvalue weighted by Gasteiger charge is 2.34. The molecule has 0 saturated heterocycles. The van der Waals surface area contributed by atoms with Gasteiger partial charge in [0.1, 0.15) is 17.6 Å². The molecule has 0 amide bonds. The summed E-state index contributed by atoms with van der Waals surface area (Å²) in [4.78, 5) is 24.3. The molecule has 5 heteroatoms. The largest absolute Gasteiger partial charge is 0.494 e. The van der Waals surface area contributed by atoms with E-state index in [0.717, 1.165) is 70.1 Å². The minimum Gasteiger partial charge on any atom is -0.494 e. The summed E-state index contributed by atoms with van der Waals surface area (Å²) in [5.41, 5.74) is 0. The van der Waals surface area contributed by atoms with Crippen molar-refractivity contribution in [1.82, 2.24) is 0 Å². The van der Waals surface area contributed by atoms with E-state index in [-0.39, 0.29) is 24.0 Å². The Morgan fingerprint density at radius 2 is 1.48 bits per heavy atom. The molecular weight excluding hydrogens is 416 g/mol. The number of ether oxygens (including phenoxy) is 3. The second kappa shape index (κ2) is 13.4. The summed E-state index contributed by atoms with van der Waals surface area (Å²) in [7, 11) is 0. The SMILES string of the molecule is C/C=C/C(=O)O[C@H]1CC[C@H]([C@H]2CC[C@H](C(=O)Oc3ccc(OCCCCC)cc3)CC2)CC1. The molecule has 0 aromatic heterocycles. The third-order valence-corrected chi connectivity index (χ3v) is 7.14. The molecule has 3 rings (SSSR count). The van der Waals surface area contributed by atoms with Crippen LogP contribution in [0.4, 0.5) is 0 Å². The fourth-order valence-corrected chi connectivity index (χ4v) is 5.19. The van der Waals surface area contributed by atoms with Crippen LogP contribution in [0.15, 0.2) is 36.4 Å². The van der Waals surface area contributed by atoms with Gasteiger partial charge in [0.2, 0.25) is 0 Å². The van der Waals surface area contributed by atoms with Crippen LogP contribution in [0.1, 0.15) is 84.5 Å². The molecule has 2 saturated carbocycles. The summed E-state index contributed by atoms with van der Waals surface area (Å²) in [6.45, 7) is 4.72. The van der Waals surface area contributed by atoms with Gasteiger partial charge in [-0.2, -0.15) is 0 Å². The van der Waals surface area contributed by atoms with E-state index in [1.54, 1.807) is 6.08 Å². The van der Waals surface area contributed by atoms with Crippen molar-refractivity contribution in [2.45, 2.75) is 90.6 Å². The average molecular weight is 457 g/mol. The Hall–Kier alpha value is -2.30. The molecule has 1 aromatic rings. The molecule has 2 aliphatic carbocycles. The number of rotatable bonds is 10. The maximum Gasteiger partial charge on any atom is 0.330 e. The quantitative estimate of drug-likeness (QED) is 0.171. The predicted molar refractivity (Wildman–Crippen MR) is 129 cm³/mol. The molecule has 0 atom stereocenters. The zero-order valence-corrected chi connectivity index (χ0v) is 20.3. The number of hydrogen-bond donors (Lipinski definition) is 0. The van der Waals surface area contributed by atoms with E-state index in [4.69, 9.17) is 14.2 Å². The second-order valence-corrected chi connectivity index (χ2v) is 9.53. The third-order valence-electron chi connectivity index (χ3n) is 7.14. The fraction of sp³-hybridized carbons (Fsp3) is 0.643. The first-order valence-corrected chi connectivity index (χ1v) is 12.9. The Bertz CT molecular complexity index is 753. The molecule has 0 aliphatic heterocycles. The van der Waals surface area contributed by atoms with Crippen LogP contribution in [0.5, 0.6) is 11.5 Å². The van der Waals surface area contributed by atoms with Gasteiger partial charge in [0.05, 0.1) is 12.5 Å². The van der Waals surface area contributed by atoms with Gasteiger partial charge in [0, 0.05) is 6.08 Å². The van der Waals surface area contributed by atoms with Crippen LogP contribution in [-0.4, -0.2) is 24.6 Å². The number of carbonyl (C=O) groups is 2. The van der Waals surface area contributed by atoms with Crippen molar-refractivity contribution < 1.29 is 23.8 Å². The van der Waals surface area contributed by atoms with Crippen LogP contribution in [-0.2, 0) is 14.3 Å². The molecule has 0 heterocycles. The number of benzene rings is 1. The number of hydrogen-bond acceptors (Lipinski definition) is 5. The second-order valence-electron chi connectivity index (χ2n) is 9.53. The van der Waals surface area contributed by atoms with Crippen molar-refractivity contribution in [3.63, 3.8) is 0 Å². The lowest BCUT2D eigenvalue weighted by Gasteiger charge is -2.37. The third kappa shape index (κ3) is 8.21. The molecule has 182 valence electrons. The van der Waals surface area contributed by atoms with Crippen molar-refractivity contribution in [3.05, 3.63) is 36.4 Å². The van der Waals surface area contributed by atoms with E-state index in [2.05, 4.69) is 6.92 Å². The van der Waals surface area contributed by atoms with Gasteiger partial charge in [-0.3, -0.25) is 4.79 Å². The molecule has 0 unspecified atom stereocenters. The number of esters is 2. The van der Waals surface area contributed by atoms with Crippen LogP contribution in [0.2, 0.25) is 0 Å². The molecule has 2 fully saturated rings. The van der Waals surface area contributed by atoms with Gasteiger partial charge in [0.25, 0.3) is 0 Å². The van der Waals surface area contributed by atoms with Crippen LogP contribution in [0, 0.1) is 17.8 Å². The van der Waals surface area contributed by atoms with E-state index in [9.17, 15) is 9.59 Å². The number of carbonyl (C=O) groups excluding carboxylic acids is 2. The molecular formula is C28H40O5. The number of allylic oxidation sites excluding steroid dienone is 1. The van der Waals surface area contributed by atoms with Gasteiger partial charge in [-0.1, -0.05) is 25.8 Å². The van der Waals surface area contributed by atoms with Crippen LogP contribution in [0.3, 0.4) is 0 Å². The smallest absolute Gasteiger partial charge is 0.330 e. The first-order valence-electron chi connectivity index (χ1n) is 12.9. The van der Waals surface area contributed by atoms with E-state index in [1.807, 2.05) is 31.2 Å². The first kappa shape index (κ1) is 25.3. The summed E-state index contributed by atoms with van der Waals surface area (Å²) < 4.78 is 16.9. The minimum absolute atomic E-state index is 0.00987. The van der Waals surface area contributed by atoms with Gasteiger partial charge in [-0.05, 0) is 101 Å². The lowest BCUT2D eigenvalue weighted by molar-refractivity contribution is -0.145. The van der Waals surface area contributed by atoms with E-state index in [1.165, 1.54) is 18.9 Å². The van der Waals surface area contributed by atoms with Gasteiger partial charge >= 0.3 is 11.9 Å². The van der Waals surface area contributed by atoms with Gasteiger partial charge in [0.15, 0.2) is 0 Å². The molecule has 33 heavy (non-hydrogen) atoms. The van der Waals surface area contributed by atoms with Crippen molar-refractivity contribution in [2.75, 3.05) is 6.61 Å². The van der Waals surface area contributed by atoms with E-state index >= 15 is 0 Å². The van der Waals surface area contributed by atoms with Gasteiger partial charge in [-0.15, -0.1) is 0 Å². The summed E-state index contributed by atoms with van der Waals surface area (Å²) in [6.07, 6.45) is 14.8. The van der Waals surface area contributed by atoms with Crippen molar-refractivity contribution in [1.29, 1.82) is 0 Å². The molecule has 0 radical (unpaired) electrons. The molecule has 2 aliphatic rings. The zero-order valence-electron chi connectivity index (χ0n) is 20.3. The van der Waals surface area contributed by atoms with Crippen molar-refractivity contribution >= 4 is 11.9 Å². The predicted octanol–water partition coefficient (Wildman–Crippen LogP) is 6.65. The van der Waals surface area contributed by atoms with E-state index < -0.39 is 0 Å². The van der Waals surface area contributed by atoms with Crippen molar-refractivity contribution in [2.24, 2.45) is 17.8 Å². The molecule has 1 aromatic carbocycles. The lowest BCUT2D eigenvalue weighted by atomic mass is 9.70. The minimum atomic E-state index is -0.228. The van der Waals surface area contributed by atoms with Crippen LogP contribution < -0.4 is 9.47 Å². The van der Waals surface area contributed by atoms with Crippen molar-refractivity contribution in [3.8, 4) is 11.5 Å². The normalized spacial score (nSPS) is 25.5. The molecule has 5 nitrogen and oxygen atoms in total. The summed E-state index contributed by atoms with van der Waals surface area (Å²) in [6, 6.07) is 7.38. The Morgan fingerprint density at radius 1 is 0.879 bits per heavy atom. The Balaban J connectivity index is 1.36. The monoisotopic (exact) mass is 456 g/mol. The molecule has 0 spiro atoms. The number of unbranched alkanes of at least 4 members (excludes halogenated alkanes) is 2. The topological polar surface area (TPSA) is 61.8 Å². The Labute approximate surface area is 198 Å². The zero-order chi connectivity index (χ0) is 23.5.